The highest BCUT2D eigenvalue weighted by Gasteiger charge is 2.23. The van der Waals surface area contributed by atoms with Crippen LogP contribution < -0.4 is 10.6 Å². The van der Waals surface area contributed by atoms with Crippen molar-refractivity contribution in [3.05, 3.63) is 35.0 Å². The van der Waals surface area contributed by atoms with E-state index < -0.39 is 0 Å². The van der Waals surface area contributed by atoms with E-state index >= 15 is 0 Å². The minimum absolute atomic E-state index is 0.0628. The Bertz CT molecular complexity index is 640. The van der Waals surface area contributed by atoms with Gasteiger partial charge < -0.3 is 10.6 Å². The SMILES string of the molecule is C[C@@H]1CCNC[C@@H]1NC(=O)c1cc2cc(F)ccc2s1. The van der Waals surface area contributed by atoms with Crippen LogP contribution in [0.1, 0.15) is 23.0 Å². The standard InChI is InChI=1S/C15H17FN2OS/c1-9-4-5-17-8-12(9)18-15(19)14-7-10-6-11(16)2-3-13(10)20-14/h2-3,6-7,9,12,17H,4-5,8H2,1H3,(H,18,19)/t9-,12+/m1/s1. The second kappa shape index (κ2) is 5.50. The highest BCUT2D eigenvalue weighted by molar-refractivity contribution is 7.20. The molecule has 1 saturated heterocycles. The Labute approximate surface area is 121 Å². The number of piperidine rings is 1. The quantitative estimate of drug-likeness (QED) is 0.893. The van der Waals surface area contributed by atoms with Crippen molar-refractivity contribution >= 4 is 27.3 Å². The van der Waals surface area contributed by atoms with E-state index in [1.165, 1.54) is 23.5 Å². The van der Waals surface area contributed by atoms with E-state index in [4.69, 9.17) is 0 Å². The van der Waals surface area contributed by atoms with E-state index in [2.05, 4.69) is 17.6 Å². The number of thiophene rings is 1. The van der Waals surface area contributed by atoms with Crippen molar-refractivity contribution in [1.82, 2.24) is 10.6 Å². The fourth-order valence-electron chi connectivity index (χ4n) is 2.55. The van der Waals surface area contributed by atoms with E-state index in [1.807, 2.05) is 0 Å². The van der Waals surface area contributed by atoms with Gasteiger partial charge in [-0.2, -0.15) is 0 Å². The number of nitrogens with one attached hydrogen (secondary N) is 2. The van der Waals surface area contributed by atoms with Gasteiger partial charge in [-0.3, -0.25) is 4.79 Å². The summed E-state index contributed by atoms with van der Waals surface area (Å²) in [5, 5.41) is 7.16. The van der Waals surface area contributed by atoms with Gasteiger partial charge in [-0.25, -0.2) is 4.39 Å². The van der Waals surface area contributed by atoms with Crippen LogP contribution in [-0.2, 0) is 0 Å². The molecule has 1 aromatic carbocycles. The van der Waals surface area contributed by atoms with Crippen LogP contribution in [0.2, 0.25) is 0 Å². The smallest absolute Gasteiger partial charge is 0.261 e. The average Bonchev–Trinajstić information content (AvgIpc) is 2.84. The predicted molar refractivity (Wildman–Crippen MR) is 79.7 cm³/mol. The number of rotatable bonds is 2. The Morgan fingerprint density at radius 3 is 3.10 bits per heavy atom. The molecule has 0 aliphatic carbocycles. The van der Waals surface area contributed by atoms with Crippen LogP contribution in [0.25, 0.3) is 10.1 Å². The molecule has 0 spiro atoms. The van der Waals surface area contributed by atoms with Crippen molar-refractivity contribution in [2.75, 3.05) is 13.1 Å². The largest absolute Gasteiger partial charge is 0.347 e. The number of carbonyl (C=O) groups excluding carboxylic acids is 1. The number of amides is 1. The summed E-state index contributed by atoms with van der Waals surface area (Å²) in [7, 11) is 0. The summed E-state index contributed by atoms with van der Waals surface area (Å²) in [5.41, 5.74) is 0. The highest BCUT2D eigenvalue weighted by Crippen LogP contribution is 2.26. The number of benzene rings is 1. The molecule has 2 N–H and O–H groups in total. The lowest BCUT2D eigenvalue weighted by Crippen LogP contribution is -2.50. The molecule has 0 saturated carbocycles. The Hall–Kier alpha value is -1.46. The molecule has 0 unspecified atom stereocenters. The van der Waals surface area contributed by atoms with E-state index in [-0.39, 0.29) is 17.8 Å². The fraction of sp³-hybridized carbons (Fsp3) is 0.400. The summed E-state index contributed by atoms with van der Waals surface area (Å²) in [6.07, 6.45) is 1.07. The zero-order valence-electron chi connectivity index (χ0n) is 11.3. The van der Waals surface area contributed by atoms with Crippen molar-refractivity contribution in [1.29, 1.82) is 0 Å². The van der Waals surface area contributed by atoms with Crippen molar-refractivity contribution in [2.24, 2.45) is 5.92 Å². The van der Waals surface area contributed by atoms with Crippen molar-refractivity contribution in [2.45, 2.75) is 19.4 Å². The Morgan fingerprint density at radius 1 is 1.45 bits per heavy atom. The van der Waals surface area contributed by atoms with E-state index in [1.54, 1.807) is 12.1 Å². The molecule has 106 valence electrons. The number of hydrogen-bond acceptors (Lipinski definition) is 3. The van der Waals surface area contributed by atoms with Gasteiger partial charge in [-0.05, 0) is 48.5 Å². The number of fused-ring (bicyclic) bond motifs is 1. The molecule has 3 rings (SSSR count). The summed E-state index contributed by atoms with van der Waals surface area (Å²) >= 11 is 1.40. The van der Waals surface area contributed by atoms with Crippen LogP contribution in [-0.4, -0.2) is 25.0 Å². The van der Waals surface area contributed by atoms with Crippen LogP contribution in [0.15, 0.2) is 24.3 Å². The van der Waals surface area contributed by atoms with Crippen molar-refractivity contribution < 1.29 is 9.18 Å². The summed E-state index contributed by atoms with van der Waals surface area (Å²) in [4.78, 5) is 12.9. The molecule has 0 radical (unpaired) electrons. The van der Waals surface area contributed by atoms with Gasteiger partial charge in [0.25, 0.3) is 5.91 Å². The summed E-state index contributed by atoms with van der Waals surface area (Å²) in [5.74, 6) is 0.145. The molecule has 1 aromatic heterocycles. The number of hydrogen-bond donors (Lipinski definition) is 2. The van der Waals surface area contributed by atoms with Crippen molar-refractivity contribution in [3.63, 3.8) is 0 Å². The first-order chi connectivity index (χ1) is 9.63. The molecule has 1 fully saturated rings. The molecule has 5 heteroatoms. The molecule has 0 bridgehead atoms. The Balaban J connectivity index is 1.78. The second-order valence-electron chi connectivity index (χ2n) is 5.34. The Kier molecular flexibility index (Phi) is 3.72. The van der Waals surface area contributed by atoms with Crippen molar-refractivity contribution in [3.8, 4) is 0 Å². The first-order valence-corrected chi connectivity index (χ1v) is 7.66. The molecule has 1 amide bonds. The summed E-state index contributed by atoms with van der Waals surface area (Å²) in [6.45, 7) is 3.98. The molecule has 1 aliphatic heterocycles. The lowest BCUT2D eigenvalue weighted by Gasteiger charge is -2.30. The van der Waals surface area contributed by atoms with Gasteiger partial charge in [-0.15, -0.1) is 11.3 Å². The highest BCUT2D eigenvalue weighted by atomic mass is 32.1. The maximum absolute atomic E-state index is 13.2. The van der Waals surface area contributed by atoms with Crippen LogP contribution >= 0.6 is 11.3 Å². The second-order valence-corrected chi connectivity index (χ2v) is 6.43. The first kappa shape index (κ1) is 13.5. The third kappa shape index (κ3) is 2.69. The Morgan fingerprint density at radius 2 is 2.30 bits per heavy atom. The molecular formula is C15H17FN2OS. The van der Waals surface area contributed by atoms with Gasteiger partial charge in [0.2, 0.25) is 0 Å². The lowest BCUT2D eigenvalue weighted by molar-refractivity contribution is 0.0919. The minimum atomic E-state index is -0.271. The van der Waals surface area contributed by atoms with Gasteiger partial charge in [-0.1, -0.05) is 6.92 Å². The predicted octanol–water partition coefficient (Wildman–Crippen LogP) is 2.77. The van der Waals surface area contributed by atoms with Crippen LogP contribution in [0.3, 0.4) is 0 Å². The number of halogens is 1. The summed E-state index contributed by atoms with van der Waals surface area (Å²) in [6, 6.07) is 6.54. The topological polar surface area (TPSA) is 41.1 Å². The van der Waals surface area contributed by atoms with Gasteiger partial charge in [0.1, 0.15) is 5.82 Å². The summed E-state index contributed by atoms with van der Waals surface area (Å²) < 4.78 is 14.1. The molecular weight excluding hydrogens is 275 g/mol. The minimum Gasteiger partial charge on any atom is -0.347 e. The zero-order chi connectivity index (χ0) is 14.1. The lowest BCUT2D eigenvalue weighted by atomic mass is 9.95. The zero-order valence-corrected chi connectivity index (χ0v) is 12.1. The van der Waals surface area contributed by atoms with Gasteiger partial charge in [0.15, 0.2) is 0 Å². The molecule has 3 nitrogen and oxygen atoms in total. The van der Waals surface area contributed by atoms with E-state index in [0.717, 1.165) is 29.6 Å². The average molecular weight is 292 g/mol. The van der Waals surface area contributed by atoms with Crippen LogP contribution in [0.5, 0.6) is 0 Å². The molecule has 1 aliphatic rings. The molecule has 2 atom stereocenters. The van der Waals surface area contributed by atoms with Gasteiger partial charge in [0.05, 0.1) is 4.88 Å². The molecule has 20 heavy (non-hydrogen) atoms. The van der Waals surface area contributed by atoms with E-state index in [9.17, 15) is 9.18 Å². The third-order valence-electron chi connectivity index (χ3n) is 3.85. The maximum atomic E-state index is 13.2. The normalized spacial score (nSPS) is 22.9. The third-order valence-corrected chi connectivity index (χ3v) is 4.96. The van der Waals surface area contributed by atoms with Crippen LogP contribution in [0, 0.1) is 11.7 Å². The monoisotopic (exact) mass is 292 g/mol. The maximum Gasteiger partial charge on any atom is 0.261 e. The molecule has 2 aromatic rings. The van der Waals surface area contributed by atoms with Crippen LogP contribution in [0.4, 0.5) is 4.39 Å². The number of carbonyl (C=O) groups is 1. The van der Waals surface area contributed by atoms with Gasteiger partial charge in [0, 0.05) is 17.3 Å². The first-order valence-electron chi connectivity index (χ1n) is 6.84. The molecule has 2 heterocycles. The van der Waals surface area contributed by atoms with Gasteiger partial charge >= 0.3 is 0 Å². The fourth-order valence-corrected chi connectivity index (χ4v) is 3.49. The van der Waals surface area contributed by atoms with E-state index in [0.29, 0.717) is 10.8 Å².